The minimum absolute atomic E-state index is 0.0312. The second-order valence-electron chi connectivity index (χ2n) is 4.94. The van der Waals surface area contributed by atoms with Crippen LogP contribution in [0.4, 0.5) is 4.39 Å². The molecule has 2 aromatic carbocycles. The highest BCUT2D eigenvalue weighted by molar-refractivity contribution is 7.99. The molecule has 0 bridgehead atoms. The molecule has 1 atom stereocenters. The molecule has 0 fully saturated rings. The zero-order valence-corrected chi connectivity index (χ0v) is 13.9. The number of hydrogen-bond donors (Lipinski definition) is 1. The van der Waals surface area contributed by atoms with Crippen molar-refractivity contribution >= 4 is 23.4 Å². The van der Waals surface area contributed by atoms with Crippen molar-refractivity contribution < 1.29 is 4.39 Å². The lowest BCUT2D eigenvalue weighted by molar-refractivity contribution is 0.629. The Morgan fingerprint density at radius 1 is 1.13 bits per heavy atom. The zero-order chi connectivity index (χ0) is 16.4. The largest absolute Gasteiger partial charge is 0.335 e. The fourth-order valence-corrected chi connectivity index (χ4v) is 3.51. The monoisotopic (exact) mass is 348 g/mol. The zero-order valence-electron chi connectivity index (χ0n) is 12.3. The molecular formula is C16H14ClFN4S. The van der Waals surface area contributed by atoms with Crippen LogP contribution in [0, 0.1) is 5.82 Å². The lowest BCUT2D eigenvalue weighted by atomic mass is 10.2. The van der Waals surface area contributed by atoms with Gasteiger partial charge >= 0.3 is 0 Å². The van der Waals surface area contributed by atoms with Crippen LogP contribution in [-0.2, 0) is 0 Å². The Morgan fingerprint density at radius 2 is 1.83 bits per heavy atom. The third kappa shape index (κ3) is 3.18. The number of nitrogen functional groups attached to an aromatic ring is 1. The first kappa shape index (κ1) is 15.8. The van der Waals surface area contributed by atoms with E-state index in [9.17, 15) is 4.39 Å². The smallest absolute Gasteiger partial charge is 0.210 e. The molecule has 0 spiro atoms. The summed E-state index contributed by atoms with van der Waals surface area (Å²) in [6.07, 6.45) is 0. The van der Waals surface area contributed by atoms with E-state index in [0.717, 1.165) is 5.56 Å². The van der Waals surface area contributed by atoms with Crippen LogP contribution in [0.2, 0.25) is 5.02 Å². The molecule has 0 aliphatic rings. The lowest BCUT2D eigenvalue weighted by Gasteiger charge is -2.12. The van der Waals surface area contributed by atoms with Crippen LogP contribution < -0.4 is 5.84 Å². The van der Waals surface area contributed by atoms with Crippen molar-refractivity contribution in [2.24, 2.45) is 0 Å². The maximum Gasteiger partial charge on any atom is 0.210 e. The van der Waals surface area contributed by atoms with E-state index in [1.807, 2.05) is 31.2 Å². The highest BCUT2D eigenvalue weighted by Crippen LogP contribution is 2.37. The summed E-state index contributed by atoms with van der Waals surface area (Å²) in [7, 11) is 0. The molecule has 0 aliphatic heterocycles. The molecule has 4 nitrogen and oxygen atoms in total. The van der Waals surface area contributed by atoms with Gasteiger partial charge in [-0.15, -0.1) is 10.2 Å². The molecule has 3 aromatic rings. The Morgan fingerprint density at radius 3 is 2.57 bits per heavy atom. The summed E-state index contributed by atoms with van der Waals surface area (Å²) < 4.78 is 15.2. The molecule has 0 aliphatic carbocycles. The van der Waals surface area contributed by atoms with Gasteiger partial charge in [-0.1, -0.05) is 53.7 Å². The second kappa shape index (κ2) is 6.60. The number of nitrogens with zero attached hydrogens (tertiary/aromatic N) is 3. The lowest BCUT2D eigenvalue weighted by Crippen LogP contribution is -2.12. The highest BCUT2D eigenvalue weighted by atomic mass is 35.5. The molecule has 1 aromatic heterocycles. The van der Waals surface area contributed by atoms with E-state index in [2.05, 4.69) is 10.2 Å². The van der Waals surface area contributed by atoms with Crippen LogP contribution in [0.1, 0.15) is 17.7 Å². The summed E-state index contributed by atoms with van der Waals surface area (Å²) in [6, 6.07) is 13.9. The molecule has 0 amide bonds. The first-order chi connectivity index (χ1) is 11.1. The molecule has 1 heterocycles. The van der Waals surface area contributed by atoms with E-state index >= 15 is 0 Å². The van der Waals surface area contributed by atoms with E-state index in [-0.39, 0.29) is 16.9 Å². The third-order valence-electron chi connectivity index (χ3n) is 3.40. The molecule has 0 radical (unpaired) electrons. The van der Waals surface area contributed by atoms with Crippen LogP contribution in [0.5, 0.6) is 0 Å². The number of hydrogen-bond acceptors (Lipinski definition) is 4. The minimum Gasteiger partial charge on any atom is -0.335 e. The van der Waals surface area contributed by atoms with Crippen LogP contribution in [0.3, 0.4) is 0 Å². The van der Waals surface area contributed by atoms with E-state index < -0.39 is 0 Å². The van der Waals surface area contributed by atoms with E-state index in [0.29, 0.717) is 15.7 Å². The Hall–Kier alpha value is -2.05. The number of halogens is 2. The summed E-state index contributed by atoms with van der Waals surface area (Å²) >= 11 is 7.63. The van der Waals surface area contributed by atoms with Crippen molar-refractivity contribution in [1.82, 2.24) is 14.9 Å². The summed E-state index contributed by atoms with van der Waals surface area (Å²) in [4.78, 5) is 0. The van der Waals surface area contributed by atoms with E-state index in [1.54, 1.807) is 18.2 Å². The molecule has 7 heteroatoms. The number of thioether (sulfide) groups is 1. The Kier molecular flexibility index (Phi) is 4.54. The van der Waals surface area contributed by atoms with E-state index in [4.69, 9.17) is 17.4 Å². The van der Waals surface area contributed by atoms with Crippen molar-refractivity contribution in [3.05, 3.63) is 64.9 Å². The minimum atomic E-state index is -0.387. The van der Waals surface area contributed by atoms with Gasteiger partial charge in [-0.05, 0) is 30.7 Å². The molecule has 23 heavy (non-hydrogen) atoms. The van der Waals surface area contributed by atoms with Gasteiger partial charge in [-0.3, -0.25) is 0 Å². The van der Waals surface area contributed by atoms with Gasteiger partial charge in [-0.25, -0.2) is 9.07 Å². The van der Waals surface area contributed by atoms with Gasteiger partial charge < -0.3 is 5.84 Å². The first-order valence-electron chi connectivity index (χ1n) is 6.94. The molecule has 2 N–H and O–H groups in total. The quantitative estimate of drug-likeness (QED) is 0.564. The van der Waals surface area contributed by atoms with Gasteiger partial charge in [0.1, 0.15) is 5.82 Å². The van der Waals surface area contributed by atoms with Gasteiger partial charge in [0.15, 0.2) is 5.82 Å². The summed E-state index contributed by atoms with van der Waals surface area (Å²) in [5.41, 5.74) is 1.30. The van der Waals surface area contributed by atoms with Crippen LogP contribution in [-0.4, -0.2) is 14.9 Å². The SMILES string of the molecule is C[C@@H](Sc1nnc(-c2ccccc2F)n1N)c1ccccc1Cl. The molecule has 118 valence electrons. The maximum absolute atomic E-state index is 13.9. The Balaban J connectivity index is 1.89. The maximum atomic E-state index is 13.9. The normalized spacial score (nSPS) is 12.3. The van der Waals surface area contributed by atoms with Crippen LogP contribution in [0.25, 0.3) is 11.4 Å². The van der Waals surface area contributed by atoms with Gasteiger partial charge in [0.2, 0.25) is 5.16 Å². The predicted molar refractivity (Wildman–Crippen MR) is 91.3 cm³/mol. The molecule has 0 saturated heterocycles. The Labute approximate surface area is 142 Å². The Bertz CT molecular complexity index is 836. The van der Waals surface area contributed by atoms with Gasteiger partial charge in [0.25, 0.3) is 0 Å². The first-order valence-corrected chi connectivity index (χ1v) is 8.20. The predicted octanol–water partition coefficient (Wildman–Crippen LogP) is 4.30. The van der Waals surface area contributed by atoms with E-state index in [1.165, 1.54) is 22.5 Å². The number of nitrogens with two attached hydrogens (primary N) is 1. The molecular weight excluding hydrogens is 335 g/mol. The summed E-state index contributed by atoms with van der Waals surface area (Å²) in [5.74, 6) is 5.94. The molecule has 0 saturated carbocycles. The van der Waals surface area contributed by atoms with Crippen molar-refractivity contribution in [1.29, 1.82) is 0 Å². The number of benzene rings is 2. The molecule has 3 rings (SSSR count). The third-order valence-corrected chi connectivity index (χ3v) is 4.85. The second-order valence-corrected chi connectivity index (χ2v) is 6.65. The standard InChI is InChI=1S/C16H14ClFN4S/c1-10(11-6-2-4-8-13(11)17)23-16-21-20-15(22(16)19)12-7-3-5-9-14(12)18/h2-10H,19H2,1H3/t10-/m1/s1. The van der Waals surface area contributed by atoms with Crippen LogP contribution in [0.15, 0.2) is 53.7 Å². The van der Waals surface area contributed by atoms with Gasteiger partial charge in [0, 0.05) is 10.3 Å². The van der Waals surface area contributed by atoms with Crippen LogP contribution >= 0.6 is 23.4 Å². The van der Waals surface area contributed by atoms with Crippen molar-refractivity contribution in [2.75, 3.05) is 5.84 Å². The average Bonchev–Trinajstić information content (AvgIpc) is 2.89. The summed E-state index contributed by atoms with van der Waals surface area (Å²) in [5, 5.41) is 9.29. The summed E-state index contributed by atoms with van der Waals surface area (Å²) in [6.45, 7) is 2.00. The van der Waals surface area contributed by atoms with Gasteiger partial charge in [0.05, 0.1) is 5.56 Å². The average molecular weight is 349 g/mol. The fourth-order valence-electron chi connectivity index (χ4n) is 2.21. The molecule has 0 unspecified atom stereocenters. The highest BCUT2D eigenvalue weighted by Gasteiger charge is 2.19. The van der Waals surface area contributed by atoms with Crippen molar-refractivity contribution in [2.45, 2.75) is 17.3 Å². The van der Waals surface area contributed by atoms with Crippen molar-refractivity contribution in [3.63, 3.8) is 0 Å². The van der Waals surface area contributed by atoms with Crippen molar-refractivity contribution in [3.8, 4) is 11.4 Å². The number of rotatable bonds is 4. The fraction of sp³-hybridized carbons (Fsp3) is 0.125. The topological polar surface area (TPSA) is 56.7 Å². The number of aromatic nitrogens is 3. The van der Waals surface area contributed by atoms with Gasteiger partial charge in [-0.2, -0.15) is 0 Å².